The molecule has 4 rings (SSSR count). The minimum atomic E-state index is -3.82. The fourth-order valence-corrected chi connectivity index (χ4v) is 6.58. The Kier molecular flexibility index (Phi) is 7.67. The van der Waals surface area contributed by atoms with Crippen molar-refractivity contribution in [3.8, 4) is 11.8 Å². The molecule has 182 valence electrons. The predicted molar refractivity (Wildman–Crippen MR) is 126 cm³/mol. The van der Waals surface area contributed by atoms with Crippen molar-refractivity contribution in [1.82, 2.24) is 9.62 Å². The molecular weight excluding hydrogens is 504 g/mol. The molecule has 7 nitrogen and oxygen atoms in total. The first-order valence-corrected chi connectivity index (χ1v) is 13.0. The molecule has 0 spiro atoms. The summed E-state index contributed by atoms with van der Waals surface area (Å²) in [5, 5.41) is 12.7. The monoisotopic (exact) mass is 527 g/mol. The van der Waals surface area contributed by atoms with Crippen LogP contribution in [-0.4, -0.2) is 58.2 Å². The van der Waals surface area contributed by atoms with E-state index in [2.05, 4.69) is 5.32 Å². The average molecular weight is 528 g/mol. The van der Waals surface area contributed by atoms with Crippen LogP contribution in [0.2, 0.25) is 10.0 Å². The summed E-state index contributed by atoms with van der Waals surface area (Å²) in [4.78, 5) is -0.00503. The molecule has 2 aromatic carbocycles. The van der Waals surface area contributed by atoms with Crippen molar-refractivity contribution < 1.29 is 22.3 Å². The Bertz CT molecular complexity index is 1190. The molecule has 2 aliphatic rings. The molecule has 1 unspecified atom stereocenters. The van der Waals surface area contributed by atoms with Crippen molar-refractivity contribution in [3.05, 3.63) is 57.8 Å². The standard InChI is InChI=1S/C23H24Cl2FN3O4S/c24-17-4-6-22(20(25)8-17)34(30,31)29-13-23(14-29,12-28-11-19-2-1-7-32-19)15-33-18-5-3-16(10-27)21(26)9-18/h3-6,8-9,19,28H,1-2,7,11-15H2. The van der Waals surface area contributed by atoms with Crippen molar-refractivity contribution in [1.29, 1.82) is 5.26 Å². The number of halogens is 3. The summed E-state index contributed by atoms with van der Waals surface area (Å²) >= 11 is 12.1. The van der Waals surface area contributed by atoms with Crippen LogP contribution in [-0.2, 0) is 14.8 Å². The third-order valence-electron chi connectivity index (χ3n) is 6.04. The Hall–Kier alpha value is -1.93. The van der Waals surface area contributed by atoms with Crippen LogP contribution in [0.1, 0.15) is 18.4 Å². The first-order valence-electron chi connectivity index (χ1n) is 10.8. The number of hydrogen-bond acceptors (Lipinski definition) is 6. The van der Waals surface area contributed by atoms with Gasteiger partial charge in [0.2, 0.25) is 10.0 Å². The van der Waals surface area contributed by atoms with E-state index >= 15 is 0 Å². The highest BCUT2D eigenvalue weighted by Gasteiger charge is 2.49. The van der Waals surface area contributed by atoms with Gasteiger partial charge < -0.3 is 14.8 Å². The zero-order valence-corrected chi connectivity index (χ0v) is 20.6. The van der Waals surface area contributed by atoms with Crippen LogP contribution in [0.15, 0.2) is 41.3 Å². The summed E-state index contributed by atoms with van der Waals surface area (Å²) in [6, 6.07) is 10.1. The van der Waals surface area contributed by atoms with Gasteiger partial charge in [-0.05, 0) is 43.2 Å². The highest BCUT2D eigenvalue weighted by atomic mass is 35.5. The second-order valence-corrected chi connectivity index (χ2v) is 11.4. The van der Waals surface area contributed by atoms with Crippen LogP contribution in [0.25, 0.3) is 0 Å². The van der Waals surface area contributed by atoms with Crippen LogP contribution in [0.4, 0.5) is 4.39 Å². The van der Waals surface area contributed by atoms with Crippen molar-refractivity contribution in [2.24, 2.45) is 5.41 Å². The first kappa shape index (κ1) is 25.2. The Labute approximate surface area is 208 Å². The summed E-state index contributed by atoms with van der Waals surface area (Å²) in [5.74, 6) is -0.391. The van der Waals surface area contributed by atoms with Gasteiger partial charge in [0.25, 0.3) is 0 Å². The molecule has 2 aromatic rings. The van der Waals surface area contributed by atoms with Gasteiger partial charge in [0.1, 0.15) is 22.5 Å². The highest BCUT2D eigenvalue weighted by molar-refractivity contribution is 7.89. The zero-order chi connectivity index (χ0) is 24.3. The second kappa shape index (κ2) is 10.4. The van der Waals surface area contributed by atoms with Crippen LogP contribution in [0, 0.1) is 22.6 Å². The molecule has 34 heavy (non-hydrogen) atoms. The highest BCUT2D eigenvalue weighted by Crippen LogP contribution is 2.37. The van der Waals surface area contributed by atoms with E-state index < -0.39 is 21.3 Å². The van der Waals surface area contributed by atoms with Gasteiger partial charge in [-0.2, -0.15) is 9.57 Å². The number of nitrogens with zero attached hydrogens (tertiary/aromatic N) is 2. The largest absolute Gasteiger partial charge is 0.493 e. The predicted octanol–water partition coefficient (Wildman–Crippen LogP) is 3.84. The van der Waals surface area contributed by atoms with Gasteiger partial charge in [0.15, 0.2) is 0 Å². The number of ether oxygens (including phenoxy) is 2. The van der Waals surface area contributed by atoms with Gasteiger partial charge in [-0.25, -0.2) is 12.8 Å². The quantitative estimate of drug-likeness (QED) is 0.532. The number of hydrogen-bond donors (Lipinski definition) is 1. The summed E-state index contributed by atoms with van der Waals surface area (Å²) < 4.78 is 53.1. The topological polar surface area (TPSA) is 91.7 Å². The maximum atomic E-state index is 14.0. The molecule has 0 bridgehead atoms. The first-order chi connectivity index (χ1) is 16.2. The molecule has 2 saturated heterocycles. The van der Waals surface area contributed by atoms with Crippen molar-refractivity contribution in [2.75, 3.05) is 39.4 Å². The van der Waals surface area contributed by atoms with Gasteiger partial charge in [-0.1, -0.05) is 23.2 Å². The molecule has 2 aliphatic heterocycles. The van der Waals surface area contributed by atoms with Crippen molar-refractivity contribution in [2.45, 2.75) is 23.8 Å². The lowest BCUT2D eigenvalue weighted by Crippen LogP contribution is -2.64. The van der Waals surface area contributed by atoms with Crippen LogP contribution >= 0.6 is 23.2 Å². The molecule has 0 radical (unpaired) electrons. The van der Waals surface area contributed by atoms with Crippen molar-refractivity contribution >= 4 is 33.2 Å². The molecule has 0 aliphatic carbocycles. The maximum absolute atomic E-state index is 14.0. The molecule has 2 fully saturated rings. The second-order valence-electron chi connectivity index (χ2n) is 8.66. The van der Waals surface area contributed by atoms with Gasteiger partial charge in [-0.3, -0.25) is 0 Å². The van der Waals surface area contributed by atoms with Crippen LogP contribution in [0.5, 0.6) is 5.75 Å². The average Bonchev–Trinajstić information content (AvgIpc) is 3.28. The van der Waals surface area contributed by atoms with E-state index in [1.165, 1.54) is 34.6 Å². The summed E-state index contributed by atoms with van der Waals surface area (Å²) in [6.07, 6.45) is 2.15. The van der Waals surface area contributed by atoms with E-state index in [1.807, 2.05) is 0 Å². The fourth-order valence-electron chi connectivity index (χ4n) is 4.17. The van der Waals surface area contributed by atoms with E-state index in [-0.39, 0.29) is 47.0 Å². The van der Waals surface area contributed by atoms with E-state index in [0.717, 1.165) is 25.5 Å². The zero-order valence-electron chi connectivity index (χ0n) is 18.3. The van der Waals surface area contributed by atoms with Gasteiger partial charge in [-0.15, -0.1) is 0 Å². The Morgan fingerprint density at radius 2 is 2.06 bits per heavy atom. The van der Waals surface area contributed by atoms with Crippen LogP contribution < -0.4 is 10.1 Å². The van der Waals surface area contributed by atoms with E-state index in [9.17, 15) is 12.8 Å². The number of nitriles is 1. The molecule has 11 heteroatoms. The lowest BCUT2D eigenvalue weighted by Gasteiger charge is -2.49. The molecule has 0 aromatic heterocycles. The summed E-state index contributed by atoms with van der Waals surface area (Å²) in [6.45, 7) is 2.46. The minimum absolute atomic E-state index is 0.00503. The Morgan fingerprint density at radius 1 is 1.26 bits per heavy atom. The van der Waals surface area contributed by atoms with Gasteiger partial charge in [0, 0.05) is 49.3 Å². The minimum Gasteiger partial charge on any atom is -0.493 e. The SMILES string of the molecule is N#Cc1ccc(OCC2(CNCC3CCCO3)CN(S(=O)(=O)c3ccc(Cl)cc3Cl)C2)cc1F. The Morgan fingerprint density at radius 3 is 2.71 bits per heavy atom. The number of nitrogens with one attached hydrogen (secondary N) is 1. The molecule has 1 N–H and O–H groups in total. The summed E-state index contributed by atoms with van der Waals surface area (Å²) in [7, 11) is -3.82. The van der Waals surface area contributed by atoms with E-state index in [1.54, 1.807) is 6.07 Å². The lowest BCUT2D eigenvalue weighted by molar-refractivity contribution is 0.0156. The molecular formula is C23H24Cl2FN3O4S. The smallest absolute Gasteiger partial charge is 0.244 e. The Balaban J connectivity index is 1.46. The molecule has 2 heterocycles. The normalized spacial score (nSPS) is 20.0. The number of benzene rings is 2. The fraction of sp³-hybridized carbons (Fsp3) is 0.435. The number of rotatable bonds is 9. The maximum Gasteiger partial charge on any atom is 0.244 e. The van der Waals surface area contributed by atoms with Gasteiger partial charge in [0.05, 0.1) is 23.3 Å². The van der Waals surface area contributed by atoms with Crippen molar-refractivity contribution in [3.63, 3.8) is 0 Å². The lowest BCUT2D eigenvalue weighted by atomic mass is 9.82. The third kappa shape index (κ3) is 5.48. The van der Waals surface area contributed by atoms with E-state index in [4.69, 9.17) is 37.9 Å². The molecule has 0 amide bonds. The molecule has 0 saturated carbocycles. The van der Waals surface area contributed by atoms with Gasteiger partial charge >= 0.3 is 0 Å². The van der Waals surface area contributed by atoms with Crippen LogP contribution in [0.3, 0.4) is 0 Å². The summed E-state index contributed by atoms with van der Waals surface area (Å²) in [5.41, 5.74) is -0.601. The molecule has 1 atom stereocenters. The number of sulfonamides is 1. The third-order valence-corrected chi connectivity index (χ3v) is 8.55. The van der Waals surface area contributed by atoms with E-state index in [0.29, 0.717) is 18.1 Å².